The first-order valence-electron chi connectivity index (χ1n) is 6.79. The van der Waals surface area contributed by atoms with Crippen LogP contribution in [0.3, 0.4) is 0 Å². The highest BCUT2D eigenvalue weighted by molar-refractivity contribution is 5.93. The molecule has 0 saturated carbocycles. The number of anilines is 1. The second kappa shape index (κ2) is 6.52. The molecule has 1 aliphatic rings. The van der Waals surface area contributed by atoms with Gasteiger partial charge in [0.05, 0.1) is 5.56 Å². The summed E-state index contributed by atoms with van der Waals surface area (Å²) in [4.78, 5) is 17.6. The number of pyridine rings is 1. The molecule has 1 aromatic rings. The minimum atomic E-state index is -0.0163. The lowest BCUT2D eigenvalue weighted by Crippen LogP contribution is -2.31. The molecule has 1 aromatic heterocycles. The number of hydrogen-bond acceptors (Lipinski definition) is 4. The van der Waals surface area contributed by atoms with Crippen molar-refractivity contribution >= 4 is 11.7 Å². The molecule has 5 heteroatoms. The summed E-state index contributed by atoms with van der Waals surface area (Å²) in [5.74, 6) is 1.54. The molecule has 5 nitrogen and oxygen atoms in total. The number of piperidine rings is 1. The van der Waals surface area contributed by atoms with Gasteiger partial charge in [-0.1, -0.05) is 0 Å². The van der Waals surface area contributed by atoms with Crippen LogP contribution in [0.5, 0.6) is 0 Å². The second-order valence-corrected chi connectivity index (χ2v) is 5.21. The monoisotopic (exact) mass is 262 g/mol. The van der Waals surface area contributed by atoms with Crippen LogP contribution >= 0.6 is 0 Å². The van der Waals surface area contributed by atoms with Gasteiger partial charge in [-0.05, 0) is 44.0 Å². The van der Waals surface area contributed by atoms with Crippen molar-refractivity contribution in [2.45, 2.75) is 12.8 Å². The van der Waals surface area contributed by atoms with Gasteiger partial charge in [0.1, 0.15) is 5.82 Å². The van der Waals surface area contributed by atoms with E-state index >= 15 is 0 Å². The number of nitrogens with one attached hydrogen (secondary N) is 2. The molecular formula is C14H22N4O. The Kier molecular flexibility index (Phi) is 4.74. The van der Waals surface area contributed by atoms with Crippen LogP contribution in [0, 0.1) is 5.92 Å². The minimum absolute atomic E-state index is 0.0163. The summed E-state index contributed by atoms with van der Waals surface area (Å²) in [6, 6.07) is 3.69. The molecule has 0 radical (unpaired) electrons. The van der Waals surface area contributed by atoms with Crippen LogP contribution in [0.1, 0.15) is 23.2 Å². The number of aromatic nitrogens is 1. The van der Waals surface area contributed by atoms with Crippen LogP contribution in [0.25, 0.3) is 0 Å². The first kappa shape index (κ1) is 13.8. The zero-order chi connectivity index (χ0) is 13.7. The third-order valence-electron chi connectivity index (χ3n) is 3.45. The van der Waals surface area contributed by atoms with E-state index in [-0.39, 0.29) is 5.91 Å². The fourth-order valence-corrected chi connectivity index (χ4v) is 2.22. The molecule has 0 spiro atoms. The van der Waals surface area contributed by atoms with Crippen LogP contribution in [0.4, 0.5) is 5.82 Å². The van der Waals surface area contributed by atoms with Crippen LogP contribution in [-0.4, -0.2) is 49.5 Å². The predicted molar refractivity (Wildman–Crippen MR) is 76.3 cm³/mol. The van der Waals surface area contributed by atoms with Crippen molar-refractivity contribution in [3.63, 3.8) is 0 Å². The van der Waals surface area contributed by atoms with Gasteiger partial charge in [-0.15, -0.1) is 0 Å². The molecule has 104 valence electrons. The molecule has 2 N–H and O–H groups in total. The highest BCUT2D eigenvalue weighted by Gasteiger charge is 2.13. The normalized spacial score (nSPS) is 16.1. The Bertz CT molecular complexity index is 410. The van der Waals surface area contributed by atoms with Gasteiger partial charge in [-0.2, -0.15) is 0 Å². The Morgan fingerprint density at radius 3 is 2.74 bits per heavy atom. The molecule has 1 fully saturated rings. The van der Waals surface area contributed by atoms with Gasteiger partial charge in [-0.3, -0.25) is 4.79 Å². The third kappa shape index (κ3) is 3.92. The van der Waals surface area contributed by atoms with Crippen LogP contribution < -0.4 is 10.6 Å². The van der Waals surface area contributed by atoms with Crippen LogP contribution in [0.2, 0.25) is 0 Å². The lowest BCUT2D eigenvalue weighted by atomic mass is 9.98. The number of rotatable bonds is 4. The molecule has 1 amide bonds. The summed E-state index contributed by atoms with van der Waals surface area (Å²) < 4.78 is 0. The van der Waals surface area contributed by atoms with E-state index in [4.69, 9.17) is 0 Å². The van der Waals surface area contributed by atoms with E-state index in [0.717, 1.165) is 25.5 Å². The fourth-order valence-electron chi connectivity index (χ4n) is 2.22. The van der Waals surface area contributed by atoms with Gasteiger partial charge in [0.2, 0.25) is 0 Å². The quantitative estimate of drug-likeness (QED) is 0.856. The molecule has 19 heavy (non-hydrogen) atoms. The molecule has 0 aromatic carbocycles. The molecule has 0 atom stereocenters. The number of carbonyl (C=O) groups excluding carboxylic acids is 1. The van der Waals surface area contributed by atoms with Crippen molar-refractivity contribution < 1.29 is 4.79 Å². The van der Waals surface area contributed by atoms with E-state index in [1.165, 1.54) is 12.8 Å². The highest BCUT2D eigenvalue weighted by Crippen LogP contribution is 2.13. The zero-order valence-electron chi connectivity index (χ0n) is 11.6. The molecule has 2 rings (SSSR count). The zero-order valence-corrected chi connectivity index (χ0v) is 11.6. The maximum atomic E-state index is 11.7. The molecule has 2 heterocycles. The summed E-state index contributed by atoms with van der Waals surface area (Å²) in [6.07, 6.45) is 4.06. The van der Waals surface area contributed by atoms with E-state index < -0.39 is 0 Å². The largest absolute Gasteiger partial charge is 0.370 e. The van der Waals surface area contributed by atoms with Gasteiger partial charge < -0.3 is 15.5 Å². The third-order valence-corrected chi connectivity index (χ3v) is 3.45. The van der Waals surface area contributed by atoms with E-state index in [1.54, 1.807) is 25.2 Å². The van der Waals surface area contributed by atoms with Gasteiger partial charge >= 0.3 is 0 Å². The highest BCUT2D eigenvalue weighted by atomic mass is 16.2. The Hall–Kier alpha value is -1.62. The average molecular weight is 262 g/mol. The molecule has 0 aliphatic carbocycles. The van der Waals surface area contributed by atoms with E-state index in [9.17, 15) is 4.79 Å². The molecule has 0 bridgehead atoms. The van der Waals surface area contributed by atoms with Crippen LogP contribution in [0.15, 0.2) is 18.3 Å². The average Bonchev–Trinajstić information content (AvgIpc) is 2.46. The number of hydrogen-bond donors (Lipinski definition) is 2. The molecular weight excluding hydrogens is 240 g/mol. The van der Waals surface area contributed by atoms with Crippen LogP contribution in [-0.2, 0) is 0 Å². The van der Waals surface area contributed by atoms with Crippen molar-refractivity contribution in [1.29, 1.82) is 0 Å². The Morgan fingerprint density at radius 1 is 1.42 bits per heavy atom. The van der Waals surface area contributed by atoms with Crippen molar-refractivity contribution in [2.24, 2.45) is 5.92 Å². The smallest absolute Gasteiger partial charge is 0.254 e. The predicted octanol–water partition coefficient (Wildman–Crippen LogP) is 1.19. The standard InChI is InChI=1S/C14H22N4O/c1-18(2)14(19)12-3-4-13(17-10-12)16-9-11-5-7-15-8-6-11/h3-4,10-11,15H,5-9H2,1-2H3,(H,16,17). The minimum Gasteiger partial charge on any atom is -0.370 e. The van der Waals surface area contributed by atoms with E-state index in [2.05, 4.69) is 15.6 Å². The lowest BCUT2D eigenvalue weighted by molar-refractivity contribution is 0.0827. The van der Waals surface area contributed by atoms with Gasteiger partial charge in [0.25, 0.3) is 5.91 Å². The van der Waals surface area contributed by atoms with Crippen molar-refractivity contribution in [3.8, 4) is 0 Å². The number of nitrogens with zero attached hydrogens (tertiary/aromatic N) is 2. The van der Waals surface area contributed by atoms with Gasteiger partial charge in [0.15, 0.2) is 0 Å². The first-order valence-corrected chi connectivity index (χ1v) is 6.79. The Morgan fingerprint density at radius 2 is 2.16 bits per heavy atom. The van der Waals surface area contributed by atoms with Crippen molar-refractivity contribution in [2.75, 3.05) is 39.0 Å². The van der Waals surface area contributed by atoms with Gasteiger partial charge in [-0.25, -0.2) is 4.98 Å². The summed E-state index contributed by atoms with van der Waals surface area (Å²) in [5.41, 5.74) is 0.623. The maximum Gasteiger partial charge on any atom is 0.254 e. The first-order chi connectivity index (χ1) is 9.16. The number of carbonyl (C=O) groups is 1. The van der Waals surface area contributed by atoms with Gasteiger partial charge in [0, 0.05) is 26.8 Å². The second-order valence-electron chi connectivity index (χ2n) is 5.21. The molecule has 0 unspecified atom stereocenters. The molecule has 1 aliphatic heterocycles. The SMILES string of the molecule is CN(C)C(=O)c1ccc(NCC2CCNCC2)nc1. The lowest BCUT2D eigenvalue weighted by Gasteiger charge is -2.23. The molecule has 1 saturated heterocycles. The summed E-state index contributed by atoms with van der Waals surface area (Å²) in [6.45, 7) is 3.17. The van der Waals surface area contributed by atoms with Crippen molar-refractivity contribution in [3.05, 3.63) is 23.9 Å². The van der Waals surface area contributed by atoms with E-state index in [1.807, 2.05) is 12.1 Å². The summed E-state index contributed by atoms with van der Waals surface area (Å²) in [7, 11) is 3.48. The van der Waals surface area contributed by atoms with E-state index in [0.29, 0.717) is 11.5 Å². The number of amides is 1. The van der Waals surface area contributed by atoms with Crippen molar-refractivity contribution in [1.82, 2.24) is 15.2 Å². The topological polar surface area (TPSA) is 57.3 Å². The fraction of sp³-hybridized carbons (Fsp3) is 0.571. The summed E-state index contributed by atoms with van der Waals surface area (Å²) in [5, 5.41) is 6.70. The summed E-state index contributed by atoms with van der Waals surface area (Å²) >= 11 is 0. The Balaban J connectivity index is 1.86. The Labute approximate surface area is 114 Å². The maximum absolute atomic E-state index is 11.7.